The second-order valence-corrected chi connectivity index (χ2v) is 10.7. The molecule has 216 valence electrons. The number of aliphatic hydroxyl groups is 1. The Bertz CT molecular complexity index is 1530. The molecule has 1 amide bonds. The SMILES string of the molecule is O=C(COc1ncc(C(=O)Nc2ccc(F)cc2)c(N2CCC(O)(c3ccc(Br)cc3)CC2)n1)OCc1ccccc1. The summed E-state index contributed by atoms with van der Waals surface area (Å²) >= 11 is 3.42. The highest BCUT2D eigenvalue weighted by atomic mass is 79.9. The first-order valence-corrected chi connectivity index (χ1v) is 14.1. The number of hydrogen-bond acceptors (Lipinski definition) is 8. The number of carbonyl (C=O) groups excluding carboxylic acids is 2. The summed E-state index contributed by atoms with van der Waals surface area (Å²) in [5.41, 5.74) is 1.17. The van der Waals surface area contributed by atoms with Crippen LogP contribution >= 0.6 is 15.9 Å². The number of nitrogens with zero attached hydrogens (tertiary/aromatic N) is 3. The molecule has 0 aliphatic carbocycles. The molecule has 1 saturated heterocycles. The molecule has 4 aromatic rings. The number of anilines is 2. The first kappa shape index (κ1) is 29.2. The molecule has 42 heavy (non-hydrogen) atoms. The van der Waals surface area contributed by atoms with E-state index in [4.69, 9.17) is 9.47 Å². The number of benzene rings is 3. The van der Waals surface area contributed by atoms with Crippen LogP contribution in [0.3, 0.4) is 0 Å². The van der Waals surface area contributed by atoms with Crippen LogP contribution in [0.15, 0.2) is 89.5 Å². The maximum Gasteiger partial charge on any atom is 0.344 e. The van der Waals surface area contributed by atoms with Gasteiger partial charge in [0.1, 0.15) is 23.8 Å². The monoisotopic (exact) mass is 634 g/mol. The zero-order chi connectivity index (χ0) is 29.5. The Labute approximate surface area is 250 Å². The van der Waals surface area contributed by atoms with Crippen molar-refractivity contribution in [3.8, 4) is 6.01 Å². The molecule has 3 aromatic carbocycles. The molecule has 1 aliphatic heterocycles. The van der Waals surface area contributed by atoms with Crippen LogP contribution in [-0.2, 0) is 21.7 Å². The van der Waals surface area contributed by atoms with Crippen LogP contribution in [0.1, 0.15) is 34.3 Å². The number of halogens is 2. The Morgan fingerprint density at radius 3 is 2.38 bits per heavy atom. The number of hydrogen-bond donors (Lipinski definition) is 2. The molecule has 0 unspecified atom stereocenters. The molecule has 0 radical (unpaired) electrons. The van der Waals surface area contributed by atoms with Gasteiger partial charge in [-0.25, -0.2) is 14.2 Å². The Morgan fingerprint density at radius 2 is 1.69 bits per heavy atom. The summed E-state index contributed by atoms with van der Waals surface area (Å²) in [6, 6.07) is 22.1. The Morgan fingerprint density at radius 1 is 1.00 bits per heavy atom. The van der Waals surface area contributed by atoms with Gasteiger partial charge in [0.15, 0.2) is 6.61 Å². The molecule has 0 atom stereocenters. The van der Waals surface area contributed by atoms with Gasteiger partial charge in [-0.1, -0.05) is 58.4 Å². The highest BCUT2D eigenvalue weighted by Crippen LogP contribution is 2.36. The standard InChI is InChI=1S/C31H28BrFN4O5/c32-23-8-6-22(7-9-23)31(40)14-16-37(17-15-31)28-26(29(39)35-25-12-10-24(33)11-13-25)18-34-30(36-28)42-20-27(38)41-19-21-4-2-1-3-5-21/h1-13,18,40H,14-17,19-20H2,(H,35,39). The molecule has 1 fully saturated rings. The molecular weight excluding hydrogens is 607 g/mol. The van der Waals surface area contributed by atoms with Crippen molar-refractivity contribution in [3.63, 3.8) is 0 Å². The molecule has 2 N–H and O–H groups in total. The average molecular weight is 635 g/mol. The van der Waals surface area contributed by atoms with Gasteiger partial charge >= 0.3 is 12.0 Å². The fourth-order valence-electron chi connectivity index (χ4n) is 4.60. The van der Waals surface area contributed by atoms with Crippen LogP contribution in [0.2, 0.25) is 0 Å². The number of ether oxygens (including phenoxy) is 2. The largest absolute Gasteiger partial charge is 0.458 e. The predicted molar refractivity (Wildman–Crippen MR) is 158 cm³/mol. The predicted octanol–water partition coefficient (Wildman–Crippen LogP) is 5.24. The summed E-state index contributed by atoms with van der Waals surface area (Å²) in [5, 5.41) is 14.1. The lowest BCUT2D eigenvalue weighted by molar-refractivity contribution is -0.147. The molecule has 2 heterocycles. The van der Waals surface area contributed by atoms with Gasteiger partial charge in [-0.15, -0.1) is 0 Å². The fourth-order valence-corrected chi connectivity index (χ4v) is 4.86. The fraction of sp³-hybridized carbons (Fsp3) is 0.226. The summed E-state index contributed by atoms with van der Waals surface area (Å²) in [6.45, 7) is 0.460. The third-order valence-corrected chi connectivity index (χ3v) is 7.46. The topological polar surface area (TPSA) is 114 Å². The normalized spacial score (nSPS) is 14.2. The molecule has 1 aliphatic rings. The maximum absolute atomic E-state index is 13.4. The van der Waals surface area contributed by atoms with Gasteiger partial charge in [0, 0.05) is 29.4 Å². The number of aromatic nitrogens is 2. The minimum Gasteiger partial charge on any atom is -0.458 e. The average Bonchev–Trinajstić information content (AvgIpc) is 3.01. The second kappa shape index (κ2) is 13.1. The first-order valence-electron chi connectivity index (χ1n) is 13.3. The number of esters is 1. The molecule has 0 saturated carbocycles. The van der Waals surface area contributed by atoms with E-state index in [0.29, 0.717) is 31.6 Å². The summed E-state index contributed by atoms with van der Waals surface area (Å²) < 4.78 is 25.1. The molecule has 0 bridgehead atoms. The minimum absolute atomic E-state index is 0.103. The molecule has 0 spiro atoms. The third kappa shape index (κ3) is 7.29. The molecule has 5 rings (SSSR count). The van der Waals surface area contributed by atoms with Crippen molar-refractivity contribution in [2.24, 2.45) is 0 Å². The van der Waals surface area contributed by atoms with Crippen molar-refractivity contribution < 1.29 is 28.6 Å². The van der Waals surface area contributed by atoms with E-state index in [1.54, 1.807) is 0 Å². The van der Waals surface area contributed by atoms with E-state index < -0.39 is 29.9 Å². The van der Waals surface area contributed by atoms with E-state index in [0.717, 1.165) is 15.6 Å². The molecule has 1 aromatic heterocycles. The smallest absolute Gasteiger partial charge is 0.344 e. The Kier molecular flexibility index (Phi) is 9.09. The van der Waals surface area contributed by atoms with E-state index in [1.807, 2.05) is 59.5 Å². The summed E-state index contributed by atoms with van der Waals surface area (Å²) in [7, 11) is 0. The number of nitrogens with one attached hydrogen (secondary N) is 1. The van der Waals surface area contributed by atoms with Crippen LogP contribution in [0.5, 0.6) is 6.01 Å². The molecular formula is C31H28BrFN4O5. The molecule has 9 nitrogen and oxygen atoms in total. The van der Waals surface area contributed by atoms with E-state index >= 15 is 0 Å². The maximum atomic E-state index is 13.4. The van der Waals surface area contributed by atoms with Gasteiger partial charge in [0.25, 0.3) is 5.91 Å². The van der Waals surface area contributed by atoms with Crippen LogP contribution in [0.25, 0.3) is 0 Å². The van der Waals surface area contributed by atoms with Crippen LogP contribution in [0.4, 0.5) is 15.9 Å². The minimum atomic E-state index is -1.04. The summed E-state index contributed by atoms with van der Waals surface area (Å²) in [4.78, 5) is 36.0. The van der Waals surface area contributed by atoms with E-state index in [9.17, 15) is 19.1 Å². The lowest BCUT2D eigenvalue weighted by Crippen LogP contribution is -2.43. The number of piperidine rings is 1. The second-order valence-electron chi connectivity index (χ2n) is 9.81. The van der Waals surface area contributed by atoms with Gasteiger partial charge in [-0.3, -0.25) is 4.79 Å². The first-order chi connectivity index (χ1) is 20.3. The lowest BCUT2D eigenvalue weighted by Gasteiger charge is -2.39. The van der Waals surface area contributed by atoms with Crippen molar-refractivity contribution in [1.82, 2.24) is 9.97 Å². The van der Waals surface area contributed by atoms with Crippen LogP contribution < -0.4 is 15.0 Å². The number of rotatable bonds is 9. The van der Waals surface area contributed by atoms with Crippen molar-refractivity contribution in [2.45, 2.75) is 25.0 Å². The third-order valence-electron chi connectivity index (χ3n) is 6.93. The number of amides is 1. The Balaban J connectivity index is 1.31. The summed E-state index contributed by atoms with van der Waals surface area (Å²) in [5.74, 6) is -1.23. The summed E-state index contributed by atoms with van der Waals surface area (Å²) in [6.07, 6.45) is 2.10. The lowest BCUT2D eigenvalue weighted by atomic mass is 9.84. The van der Waals surface area contributed by atoms with E-state index in [2.05, 4.69) is 31.2 Å². The van der Waals surface area contributed by atoms with Gasteiger partial charge in [-0.05, 0) is 60.4 Å². The number of carbonyl (C=O) groups is 2. The van der Waals surface area contributed by atoms with Crippen LogP contribution in [0, 0.1) is 5.82 Å². The van der Waals surface area contributed by atoms with Gasteiger partial charge < -0.3 is 24.8 Å². The van der Waals surface area contributed by atoms with Crippen LogP contribution in [-0.4, -0.2) is 46.6 Å². The quantitative estimate of drug-likeness (QED) is 0.240. The Hall–Kier alpha value is -4.35. The highest BCUT2D eigenvalue weighted by molar-refractivity contribution is 9.10. The van der Waals surface area contributed by atoms with E-state index in [1.165, 1.54) is 30.5 Å². The highest BCUT2D eigenvalue weighted by Gasteiger charge is 2.35. The van der Waals surface area contributed by atoms with Gasteiger partial charge in [0.2, 0.25) is 0 Å². The van der Waals surface area contributed by atoms with Crippen molar-refractivity contribution in [2.75, 3.05) is 29.9 Å². The van der Waals surface area contributed by atoms with Gasteiger partial charge in [-0.2, -0.15) is 4.98 Å². The zero-order valence-corrected chi connectivity index (χ0v) is 24.1. The zero-order valence-electron chi connectivity index (χ0n) is 22.5. The van der Waals surface area contributed by atoms with Gasteiger partial charge in [0.05, 0.1) is 5.60 Å². The van der Waals surface area contributed by atoms with Crippen molar-refractivity contribution in [3.05, 3.63) is 112 Å². The van der Waals surface area contributed by atoms with E-state index in [-0.39, 0.29) is 24.0 Å². The van der Waals surface area contributed by atoms with Crippen molar-refractivity contribution >= 4 is 39.3 Å². The van der Waals surface area contributed by atoms with Crippen molar-refractivity contribution in [1.29, 1.82) is 0 Å². The molecule has 11 heteroatoms.